The Balaban J connectivity index is 1.70. The first-order valence-corrected chi connectivity index (χ1v) is 12.4. The third kappa shape index (κ3) is 5.31. The number of unbranched alkanes of at least 4 members (excludes halogenated alkanes) is 1. The molecule has 2 aromatic carbocycles. The smallest absolute Gasteiger partial charge is 0.241 e. The van der Waals surface area contributed by atoms with Gasteiger partial charge in [-0.05, 0) is 74.1 Å². The van der Waals surface area contributed by atoms with Crippen LogP contribution in [0.25, 0.3) is 0 Å². The molecule has 3 aromatic rings. The lowest BCUT2D eigenvalue weighted by Crippen LogP contribution is -2.57. The summed E-state index contributed by atoms with van der Waals surface area (Å²) in [7, 11) is 0. The first-order chi connectivity index (χ1) is 16.9. The summed E-state index contributed by atoms with van der Waals surface area (Å²) in [4.78, 5) is 25.5. The number of benzene rings is 2. The minimum absolute atomic E-state index is 0.0708. The van der Waals surface area contributed by atoms with E-state index in [0.717, 1.165) is 47.3 Å². The number of hydrogen-bond acceptors (Lipinski definition) is 4. The maximum Gasteiger partial charge on any atom is 0.241 e. The summed E-state index contributed by atoms with van der Waals surface area (Å²) in [5.74, 6) is 0.108. The van der Waals surface area contributed by atoms with Crippen molar-refractivity contribution < 1.29 is 4.79 Å². The third-order valence-electron chi connectivity index (χ3n) is 7.27. The largest absolute Gasteiger partial charge is 0.347 e. The number of nitrogens with zero attached hydrogens (tertiary/aromatic N) is 4. The van der Waals surface area contributed by atoms with Crippen molar-refractivity contribution in [1.29, 1.82) is 5.26 Å². The minimum Gasteiger partial charge on any atom is -0.347 e. The van der Waals surface area contributed by atoms with Crippen LogP contribution < -0.4 is 4.90 Å². The van der Waals surface area contributed by atoms with E-state index in [4.69, 9.17) is 0 Å². The van der Waals surface area contributed by atoms with Crippen molar-refractivity contribution in [3.8, 4) is 6.07 Å². The Morgan fingerprint density at radius 3 is 2.83 bits per heavy atom. The van der Waals surface area contributed by atoms with Crippen LogP contribution in [-0.4, -0.2) is 39.9 Å². The standard InChI is InChI=1S/C29H34N5O/c1-5-6-9-25-17-34(27-10-7-8-20(2)22(27)4)29(35)18-33(25)28(26-16-31-19-32-26)14-24-13-23(15-30)12-11-21(24)3/h7-8,10-13,16,19,25,28H,3,5-6,9,14,17-18H2,1-2,4H3,(H,31,32)/t25-,28?/m0/s1. The molecular weight excluding hydrogens is 434 g/mol. The number of carbonyl (C=O) groups excluding carboxylic acids is 1. The predicted octanol–water partition coefficient (Wildman–Crippen LogP) is 5.27. The summed E-state index contributed by atoms with van der Waals surface area (Å²) in [5, 5.41) is 9.43. The number of nitrogens with one attached hydrogen (secondary N) is 1. The molecule has 0 spiro atoms. The number of carbonyl (C=O) groups is 1. The lowest BCUT2D eigenvalue weighted by molar-refractivity contribution is -0.123. The molecule has 1 radical (unpaired) electrons. The number of anilines is 1. The lowest BCUT2D eigenvalue weighted by atomic mass is 9.93. The van der Waals surface area contributed by atoms with Gasteiger partial charge in [0, 0.05) is 24.5 Å². The Morgan fingerprint density at radius 2 is 2.11 bits per heavy atom. The van der Waals surface area contributed by atoms with Gasteiger partial charge in [-0.1, -0.05) is 38.0 Å². The zero-order valence-corrected chi connectivity index (χ0v) is 20.9. The number of aromatic amines is 1. The van der Waals surface area contributed by atoms with Gasteiger partial charge in [0.25, 0.3) is 0 Å². The van der Waals surface area contributed by atoms with Crippen LogP contribution in [0.1, 0.15) is 65.7 Å². The summed E-state index contributed by atoms with van der Waals surface area (Å²) >= 11 is 0. The topological polar surface area (TPSA) is 76.0 Å². The van der Waals surface area contributed by atoms with Gasteiger partial charge in [0.2, 0.25) is 5.91 Å². The van der Waals surface area contributed by atoms with Gasteiger partial charge >= 0.3 is 0 Å². The molecule has 0 bridgehead atoms. The highest BCUT2D eigenvalue weighted by atomic mass is 16.2. The summed E-state index contributed by atoms with van der Waals surface area (Å²) in [6.45, 7) is 11.6. The van der Waals surface area contributed by atoms with Crippen LogP contribution >= 0.6 is 0 Å². The van der Waals surface area contributed by atoms with E-state index in [1.807, 2.05) is 29.3 Å². The highest BCUT2D eigenvalue weighted by Gasteiger charge is 2.38. The molecule has 4 rings (SSSR count). The highest BCUT2D eigenvalue weighted by molar-refractivity contribution is 5.96. The Morgan fingerprint density at radius 1 is 1.29 bits per heavy atom. The zero-order chi connectivity index (χ0) is 24.9. The molecule has 1 aromatic heterocycles. The van der Waals surface area contributed by atoms with Gasteiger partial charge in [0.15, 0.2) is 0 Å². The fraction of sp³-hybridized carbons (Fsp3) is 0.379. The second-order valence-corrected chi connectivity index (χ2v) is 9.51. The number of rotatable bonds is 8. The van der Waals surface area contributed by atoms with E-state index in [1.165, 1.54) is 5.56 Å². The van der Waals surface area contributed by atoms with Crippen LogP contribution in [-0.2, 0) is 11.2 Å². The molecule has 1 amide bonds. The van der Waals surface area contributed by atoms with Gasteiger partial charge in [-0.25, -0.2) is 4.98 Å². The van der Waals surface area contributed by atoms with Crippen molar-refractivity contribution in [2.45, 2.75) is 58.5 Å². The van der Waals surface area contributed by atoms with E-state index in [9.17, 15) is 10.1 Å². The summed E-state index contributed by atoms with van der Waals surface area (Å²) in [6, 6.07) is 14.2. The van der Waals surface area contributed by atoms with Gasteiger partial charge in [0.05, 0.1) is 36.2 Å². The molecule has 6 heteroatoms. The molecule has 2 atom stereocenters. The molecule has 6 nitrogen and oxygen atoms in total. The first-order valence-electron chi connectivity index (χ1n) is 12.4. The lowest BCUT2D eigenvalue weighted by Gasteiger charge is -2.45. The molecule has 1 aliphatic rings. The van der Waals surface area contributed by atoms with Crippen molar-refractivity contribution in [3.63, 3.8) is 0 Å². The monoisotopic (exact) mass is 468 g/mol. The number of aromatic nitrogens is 2. The molecule has 1 fully saturated rings. The van der Waals surface area contributed by atoms with Crippen LogP contribution in [0, 0.1) is 32.1 Å². The van der Waals surface area contributed by atoms with E-state index in [-0.39, 0.29) is 18.0 Å². The fourth-order valence-electron chi connectivity index (χ4n) is 5.06. The summed E-state index contributed by atoms with van der Waals surface area (Å²) in [6.07, 6.45) is 7.38. The molecule has 35 heavy (non-hydrogen) atoms. The van der Waals surface area contributed by atoms with Crippen LogP contribution in [0.2, 0.25) is 0 Å². The van der Waals surface area contributed by atoms with E-state index in [1.54, 1.807) is 12.4 Å². The van der Waals surface area contributed by atoms with Crippen molar-refractivity contribution in [2.75, 3.05) is 18.0 Å². The molecule has 181 valence electrons. The van der Waals surface area contributed by atoms with Gasteiger partial charge in [0.1, 0.15) is 0 Å². The zero-order valence-electron chi connectivity index (χ0n) is 20.9. The molecule has 0 aliphatic carbocycles. The van der Waals surface area contributed by atoms with E-state index >= 15 is 0 Å². The fourth-order valence-corrected chi connectivity index (χ4v) is 5.06. The normalized spacial score (nSPS) is 17.4. The van der Waals surface area contributed by atoms with Crippen molar-refractivity contribution in [2.24, 2.45) is 0 Å². The van der Waals surface area contributed by atoms with Crippen molar-refractivity contribution in [1.82, 2.24) is 14.9 Å². The van der Waals surface area contributed by atoms with Gasteiger partial charge in [-0.15, -0.1) is 0 Å². The molecule has 1 unspecified atom stereocenters. The molecule has 1 saturated heterocycles. The number of nitriles is 1. The van der Waals surface area contributed by atoms with Gasteiger partial charge in [-0.2, -0.15) is 5.26 Å². The Hall–Kier alpha value is -3.43. The molecule has 0 saturated carbocycles. The number of aryl methyl sites for hydroxylation is 1. The first kappa shape index (κ1) is 24.7. The second kappa shape index (κ2) is 10.9. The number of amides is 1. The number of imidazole rings is 1. The third-order valence-corrected chi connectivity index (χ3v) is 7.27. The van der Waals surface area contributed by atoms with Crippen molar-refractivity contribution >= 4 is 11.6 Å². The van der Waals surface area contributed by atoms with Crippen LogP contribution in [0.5, 0.6) is 0 Å². The number of H-pyrrole nitrogens is 1. The molecule has 1 N–H and O–H groups in total. The summed E-state index contributed by atoms with van der Waals surface area (Å²) in [5.41, 5.74) is 6.87. The Kier molecular flexibility index (Phi) is 7.67. The Labute approximate surface area is 208 Å². The minimum atomic E-state index is -0.0708. The SMILES string of the molecule is [CH2]c1ccc(C#N)cc1CC(c1cnc[nH]1)N1CC(=O)N(c2cccc(C)c2C)C[C@@H]1CCCC. The quantitative estimate of drug-likeness (QED) is 0.488. The predicted molar refractivity (Wildman–Crippen MR) is 139 cm³/mol. The van der Waals surface area contributed by atoms with Gasteiger partial charge in [-0.3, -0.25) is 9.69 Å². The molecule has 2 heterocycles. The van der Waals surface area contributed by atoms with E-state index in [0.29, 0.717) is 25.1 Å². The average Bonchev–Trinajstić information content (AvgIpc) is 3.39. The highest BCUT2D eigenvalue weighted by Crippen LogP contribution is 2.34. The van der Waals surface area contributed by atoms with Crippen LogP contribution in [0.4, 0.5) is 5.69 Å². The second-order valence-electron chi connectivity index (χ2n) is 9.51. The maximum absolute atomic E-state index is 13.6. The maximum atomic E-state index is 13.6. The van der Waals surface area contributed by atoms with Crippen LogP contribution in [0.3, 0.4) is 0 Å². The average molecular weight is 469 g/mol. The number of hydrogen-bond donors (Lipinski definition) is 1. The van der Waals surface area contributed by atoms with Gasteiger partial charge < -0.3 is 9.88 Å². The Bertz CT molecular complexity index is 1210. The van der Waals surface area contributed by atoms with Crippen LogP contribution in [0.15, 0.2) is 48.9 Å². The van der Waals surface area contributed by atoms with Crippen molar-refractivity contribution in [3.05, 3.63) is 89.4 Å². The number of piperazine rings is 1. The summed E-state index contributed by atoms with van der Waals surface area (Å²) < 4.78 is 0. The molecular formula is C29H34N5O. The molecule has 1 aliphatic heterocycles. The van der Waals surface area contributed by atoms with E-state index in [2.05, 4.69) is 60.8 Å². The van der Waals surface area contributed by atoms with E-state index < -0.39 is 0 Å².